The van der Waals surface area contributed by atoms with Crippen molar-refractivity contribution in [2.24, 2.45) is 0 Å². The van der Waals surface area contributed by atoms with Crippen LogP contribution in [0.5, 0.6) is 0 Å². The van der Waals surface area contributed by atoms with Gasteiger partial charge in [0.1, 0.15) is 0 Å². The number of benzene rings is 2. The monoisotopic (exact) mass is 228 g/mol. The second-order valence-corrected chi connectivity index (χ2v) is 4.62. The fourth-order valence-corrected chi connectivity index (χ4v) is 2.03. The molecule has 2 aromatic carbocycles. The smallest absolute Gasteiger partial charge is 0.307 e. The molecule has 0 heterocycles. The third kappa shape index (κ3) is 2.47. The lowest BCUT2D eigenvalue weighted by Crippen LogP contribution is -2.01. The first-order valence-corrected chi connectivity index (χ1v) is 5.81. The third-order valence-corrected chi connectivity index (χ3v) is 3.00. The van der Waals surface area contributed by atoms with Crippen molar-refractivity contribution in [2.75, 3.05) is 0 Å². The van der Waals surface area contributed by atoms with E-state index in [1.807, 2.05) is 18.2 Å². The molecule has 2 heteroatoms. The van der Waals surface area contributed by atoms with Crippen LogP contribution < -0.4 is 0 Å². The maximum absolute atomic E-state index is 10.8. The standard InChI is InChI=1S/C15H16O2/c1-10(2)12-7-6-11-4-3-5-13(9-15(16)17)14(11)8-12/h3-8,10H,9H2,1-2H3,(H,16,17). The van der Waals surface area contributed by atoms with E-state index in [0.717, 1.165) is 16.3 Å². The summed E-state index contributed by atoms with van der Waals surface area (Å²) in [6.07, 6.45) is 0.0822. The van der Waals surface area contributed by atoms with Crippen molar-refractivity contribution >= 4 is 16.7 Å². The maximum atomic E-state index is 10.8. The minimum atomic E-state index is -0.785. The second-order valence-electron chi connectivity index (χ2n) is 4.62. The highest BCUT2D eigenvalue weighted by Crippen LogP contribution is 2.24. The molecule has 0 amide bonds. The number of fused-ring (bicyclic) bond motifs is 1. The molecular formula is C15H16O2. The fourth-order valence-electron chi connectivity index (χ4n) is 2.03. The molecule has 17 heavy (non-hydrogen) atoms. The molecule has 2 aromatic rings. The van der Waals surface area contributed by atoms with E-state index in [4.69, 9.17) is 5.11 Å². The average Bonchev–Trinajstić information content (AvgIpc) is 2.28. The molecule has 0 bridgehead atoms. The van der Waals surface area contributed by atoms with Crippen molar-refractivity contribution in [2.45, 2.75) is 26.2 Å². The molecule has 0 aliphatic rings. The van der Waals surface area contributed by atoms with Crippen molar-refractivity contribution < 1.29 is 9.90 Å². The molecule has 0 spiro atoms. The Labute approximate surface area is 101 Å². The van der Waals surface area contributed by atoms with Gasteiger partial charge >= 0.3 is 5.97 Å². The number of aliphatic carboxylic acids is 1. The number of carbonyl (C=O) groups is 1. The molecule has 0 radical (unpaired) electrons. The third-order valence-electron chi connectivity index (χ3n) is 3.00. The highest BCUT2D eigenvalue weighted by atomic mass is 16.4. The van der Waals surface area contributed by atoms with Crippen molar-refractivity contribution in [1.82, 2.24) is 0 Å². The van der Waals surface area contributed by atoms with E-state index < -0.39 is 5.97 Å². The lowest BCUT2D eigenvalue weighted by atomic mass is 9.96. The molecule has 0 fully saturated rings. The minimum Gasteiger partial charge on any atom is -0.481 e. The number of carboxylic acid groups (broad SMARTS) is 1. The second kappa shape index (κ2) is 4.58. The van der Waals surface area contributed by atoms with Gasteiger partial charge in [0, 0.05) is 0 Å². The van der Waals surface area contributed by atoms with Crippen molar-refractivity contribution in [3.8, 4) is 0 Å². The van der Waals surface area contributed by atoms with Gasteiger partial charge in [-0.05, 0) is 27.8 Å². The first-order chi connectivity index (χ1) is 8.08. The van der Waals surface area contributed by atoms with Crippen LogP contribution in [0, 0.1) is 0 Å². The molecule has 0 atom stereocenters. The summed E-state index contributed by atoms with van der Waals surface area (Å²) in [5, 5.41) is 11.1. The van der Waals surface area contributed by atoms with Crippen molar-refractivity contribution in [3.63, 3.8) is 0 Å². The number of hydrogen-bond donors (Lipinski definition) is 1. The zero-order valence-electron chi connectivity index (χ0n) is 10.1. The number of carboxylic acids is 1. The van der Waals surface area contributed by atoms with Gasteiger partial charge in [0.05, 0.1) is 6.42 Å². The summed E-state index contributed by atoms with van der Waals surface area (Å²) in [5.41, 5.74) is 2.13. The molecule has 0 saturated heterocycles. The van der Waals surface area contributed by atoms with Crippen molar-refractivity contribution in [1.29, 1.82) is 0 Å². The Kier molecular flexibility index (Phi) is 3.14. The highest BCUT2D eigenvalue weighted by molar-refractivity contribution is 5.89. The Morgan fingerprint density at radius 2 is 2.00 bits per heavy atom. The summed E-state index contributed by atoms with van der Waals surface area (Å²) in [4.78, 5) is 10.8. The first-order valence-electron chi connectivity index (χ1n) is 5.81. The van der Waals surface area contributed by atoms with Crippen LogP contribution in [0.15, 0.2) is 36.4 Å². The lowest BCUT2D eigenvalue weighted by molar-refractivity contribution is -0.136. The van der Waals surface area contributed by atoms with Crippen LogP contribution in [0.4, 0.5) is 0 Å². The molecule has 0 saturated carbocycles. The predicted octanol–water partition coefficient (Wildman–Crippen LogP) is 3.59. The van der Waals surface area contributed by atoms with Crippen LogP contribution in [0.1, 0.15) is 30.9 Å². The Bertz CT molecular complexity index is 556. The largest absolute Gasteiger partial charge is 0.481 e. The Balaban J connectivity index is 2.59. The Morgan fingerprint density at radius 1 is 1.24 bits per heavy atom. The first kappa shape index (κ1) is 11.6. The maximum Gasteiger partial charge on any atom is 0.307 e. The van der Waals surface area contributed by atoms with Crippen LogP contribution in [-0.4, -0.2) is 11.1 Å². The number of hydrogen-bond acceptors (Lipinski definition) is 1. The summed E-state index contributed by atoms with van der Waals surface area (Å²) >= 11 is 0. The SMILES string of the molecule is CC(C)c1ccc2cccc(CC(=O)O)c2c1. The molecule has 2 nitrogen and oxygen atoms in total. The van der Waals surface area contributed by atoms with Gasteiger partial charge in [0.25, 0.3) is 0 Å². The van der Waals surface area contributed by atoms with E-state index in [2.05, 4.69) is 32.0 Å². The summed E-state index contributed by atoms with van der Waals surface area (Å²) in [7, 11) is 0. The molecule has 0 aromatic heterocycles. The van der Waals surface area contributed by atoms with E-state index in [-0.39, 0.29) is 6.42 Å². The normalized spacial score (nSPS) is 11.0. The minimum absolute atomic E-state index is 0.0822. The summed E-state index contributed by atoms with van der Waals surface area (Å²) in [6.45, 7) is 4.28. The van der Waals surface area contributed by atoms with Crippen LogP contribution >= 0.6 is 0 Å². The van der Waals surface area contributed by atoms with Crippen molar-refractivity contribution in [3.05, 3.63) is 47.5 Å². The summed E-state index contributed by atoms with van der Waals surface area (Å²) in [6, 6.07) is 12.1. The van der Waals surface area contributed by atoms with Gasteiger partial charge in [-0.3, -0.25) is 4.79 Å². The van der Waals surface area contributed by atoms with E-state index in [1.165, 1.54) is 5.56 Å². The van der Waals surface area contributed by atoms with Gasteiger partial charge in [-0.25, -0.2) is 0 Å². The van der Waals surface area contributed by atoms with Gasteiger partial charge in [0.2, 0.25) is 0 Å². The summed E-state index contributed by atoms with van der Waals surface area (Å²) in [5.74, 6) is -0.329. The van der Waals surface area contributed by atoms with E-state index in [9.17, 15) is 4.79 Å². The molecule has 0 aliphatic carbocycles. The van der Waals surface area contributed by atoms with E-state index >= 15 is 0 Å². The van der Waals surface area contributed by atoms with Crippen LogP contribution in [0.2, 0.25) is 0 Å². The quantitative estimate of drug-likeness (QED) is 0.871. The Hall–Kier alpha value is -1.83. The topological polar surface area (TPSA) is 37.3 Å². The highest BCUT2D eigenvalue weighted by Gasteiger charge is 2.07. The zero-order chi connectivity index (χ0) is 12.4. The fraction of sp³-hybridized carbons (Fsp3) is 0.267. The van der Waals surface area contributed by atoms with E-state index in [1.54, 1.807) is 0 Å². The average molecular weight is 228 g/mol. The van der Waals surface area contributed by atoms with Gasteiger partial charge in [-0.15, -0.1) is 0 Å². The van der Waals surface area contributed by atoms with Crippen LogP contribution in [0.25, 0.3) is 10.8 Å². The lowest BCUT2D eigenvalue weighted by Gasteiger charge is -2.09. The predicted molar refractivity (Wildman–Crippen MR) is 69.4 cm³/mol. The molecule has 0 unspecified atom stereocenters. The van der Waals surface area contributed by atoms with Crippen LogP contribution in [-0.2, 0) is 11.2 Å². The van der Waals surface area contributed by atoms with Gasteiger partial charge in [-0.2, -0.15) is 0 Å². The number of rotatable bonds is 3. The Morgan fingerprint density at radius 3 is 2.65 bits per heavy atom. The van der Waals surface area contributed by atoms with Crippen LogP contribution in [0.3, 0.4) is 0 Å². The van der Waals surface area contributed by atoms with E-state index in [0.29, 0.717) is 5.92 Å². The summed E-state index contributed by atoms with van der Waals surface area (Å²) < 4.78 is 0. The molecule has 2 rings (SSSR count). The van der Waals surface area contributed by atoms with Gasteiger partial charge in [0.15, 0.2) is 0 Å². The zero-order valence-corrected chi connectivity index (χ0v) is 10.1. The van der Waals surface area contributed by atoms with Gasteiger partial charge < -0.3 is 5.11 Å². The molecule has 1 N–H and O–H groups in total. The molecular weight excluding hydrogens is 212 g/mol. The molecule has 0 aliphatic heterocycles. The van der Waals surface area contributed by atoms with Gasteiger partial charge in [-0.1, -0.05) is 50.2 Å². The molecule has 88 valence electrons.